The Morgan fingerprint density at radius 3 is 1.83 bits per heavy atom. The highest BCUT2D eigenvalue weighted by Crippen LogP contribution is 2.24. The average Bonchev–Trinajstić information content (AvgIpc) is 2.99. The second kappa shape index (κ2) is 7.50. The van der Waals surface area contributed by atoms with E-state index >= 15 is 0 Å². The van der Waals surface area contributed by atoms with E-state index in [2.05, 4.69) is 0 Å². The summed E-state index contributed by atoms with van der Waals surface area (Å²) in [5.41, 5.74) is 2.17. The van der Waals surface area contributed by atoms with E-state index in [1.165, 1.54) is 11.8 Å². The number of piperazine rings is 1. The van der Waals surface area contributed by atoms with Gasteiger partial charge in [0, 0.05) is 38.7 Å². The number of fused-ring (bicyclic) bond motifs is 1. The topological polar surface area (TPSA) is 78.0 Å². The molecule has 0 aromatic heterocycles. The van der Waals surface area contributed by atoms with Crippen LogP contribution in [0.1, 0.15) is 43.6 Å². The summed E-state index contributed by atoms with van der Waals surface area (Å²) in [4.78, 5) is 53.8. The summed E-state index contributed by atoms with van der Waals surface area (Å²) in [5.74, 6) is -0.654. The van der Waals surface area contributed by atoms with Crippen LogP contribution in [0.5, 0.6) is 0 Å². The number of amides is 4. The van der Waals surface area contributed by atoms with Crippen molar-refractivity contribution in [2.75, 3.05) is 26.2 Å². The van der Waals surface area contributed by atoms with Crippen molar-refractivity contribution >= 4 is 23.6 Å². The molecule has 29 heavy (non-hydrogen) atoms. The van der Waals surface area contributed by atoms with Crippen LogP contribution in [0.4, 0.5) is 0 Å². The minimum absolute atomic E-state index is 0.0228. The highest BCUT2D eigenvalue weighted by Gasteiger charge is 2.35. The van der Waals surface area contributed by atoms with E-state index in [4.69, 9.17) is 0 Å². The first-order valence-electron chi connectivity index (χ1n) is 9.54. The lowest BCUT2D eigenvalue weighted by molar-refractivity contribution is -0.130. The summed E-state index contributed by atoms with van der Waals surface area (Å²) in [6.45, 7) is 3.80. The molecule has 148 valence electrons. The number of nitrogens with zero attached hydrogens (tertiary/aromatic N) is 3. The van der Waals surface area contributed by atoms with Crippen LogP contribution in [0.2, 0.25) is 0 Å². The average molecular weight is 391 g/mol. The van der Waals surface area contributed by atoms with Crippen LogP contribution in [0, 0.1) is 0 Å². The normalized spacial score (nSPS) is 16.2. The van der Waals surface area contributed by atoms with Crippen molar-refractivity contribution in [3.8, 4) is 0 Å². The van der Waals surface area contributed by atoms with Crippen molar-refractivity contribution in [2.24, 2.45) is 0 Å². The molecule has 7 heteroatoms. The fraction of sp³-hybridized carbons (Fsp3) is 0.273. The molecule has 0 bridgehead atoms. The van der Waals surface area contributed by atoms with E-state index in [9.17, 15) is 19.2 Å². The zero-order valence-corrected chi connectivity index (χ0v) is 16.1. The Balaban J connectivity index is 1.41. The van der Waals surface area contributed by atoms with Crippen LogP contribution in [-0.4, -0.2) is 64.5 Å². The Hall–Kier alpha value is -3.48. The smallest absolute Gasteiger partial charge is 0.261 e. The third-order valence-corrected chi connectivity index (χ3v) is 5.43. The first-order chi connectivity index (χ1) is 14.0. The van der Waals surface area contributed by atoms with Crippen molar-refractivity contribution in [2.45, 2.75) is 13.5 Å². The van der Waals surface area contributed by atoms with E-state index in [0.717, 1.165) is 5.56 Å². The molecule has 0 N–H and O–H groups in total. The number of benzene rings is 2. The number of hydrogen-bond donors (Lipinski definition) is 0. The quantitative estimate of drug-likeness (QED) is 0.748. The first kappa shape index (κ1) is 18.9. The zero-order chi connectivity index (χ0) is 20.5. The fourth-order valence-electron chi connectivity index (χ4n) is 3.73. The summed E-state index contributed by atoms with van der Waals surface area (Å²) < 4.78 is 0. The van der Waals surface area contributed by atoms with Gasteiger partial charge in [-0.25, -0.2) is 0 Å². The van der Waals surface area contributed by atoms with Crippen LogP contribution in [0.15, 0.2) is 48.5 Å². The zero-order valence-electron chi connectivity index (χ0n) is 16.1. The Morgan fingerprint density at radius 1 is 0.793 bits per heavy atom. The summed E-state index contributed by atoms with van der Waals surface area (Å²) in [7, 11) is 0. The molecule has 1 saturated heterocycles. The molecule has 0 atom stereocenters. The Bertz CT molecular complexity index is 956. The van der Waals surface area contributed by atoms with Crippen LogP contribution in [0.25, 0.3) is 0 Å². The standard InChI is InChI=1S/C22H21N3O4/c1-15(26)23-10-12-24(13-11-23)20(27)17-8-6-16(7-9-17)14-25-21(28)18-4-2-3-5-19(18)22(25)29/h2-9H,10-14H2,1H3. The highest BCUT2D eigenvalue weighted by atomic mass is 16.2. The van der Waals surface area contributed by atoms with Gasteiger partial charge in [0.1, 0.15) is 0 Å². The maximum atomic E-state index is 12.7. The Morgan fingerprint density at radius 2 is 1.31 bits per heavy atom. The third kappa shape index (κ3) is 3.51. The van der Waals surface area contributed by atoms with Gasteiger partial charge in [0.25, 0.3) is 17.7 Å². The third-order valence-electron chi connectivity index (χ3n) is 5.43. The molecule has 4 amide bonds. The van der Waals surface area contributed by atoms with E-state index in [1.807, 2.05) is 0 Å². The highest BCUT2D eigenvalue weighted by molar-refractivity contribution is 6.21. The molecule has 7 nitrogen and oxygen atoms in total. The van der Waals surface area contributed by atoms with Crippen molar-refractivity contribution in [1.29, 1.82) is 0 Å². The molecule has 2 heterocycles. The Kier molecular flexibility index (Phi) is 4.88. The van der Waals surface area contributed by atoms with E-state index in [1.54, 1.807) is 58.3 Å². The molecule has 2 aliphatic rings. The van der Waals surface area contributed by atoms with Crippen LogP contribution in [-0.2, 0) is 11.3 Å². The minimum atomic E-state index is -0.297. The van der Waals surface area contributed by atoms with Crippen molar-refractivity contribution < 1.29 is 19.2 Å². The first-order valence-corrected chi connectivity index (χ1v) is 9.54. The van der Waals surface area contributed by atoms with E-state index in [0.29, 0.717) is 42.9 Å². The van der Waals surface area contributed by atoms with Gasteiger partial charge in [-0.05, 0) is 29.8 Å². The van der Waals surface area contributed by atoms with Gasteiger partial charge >= 0.3 is 0 Å². The summed E-state index contributed by atoms with van der Waals surface area (Å²) in [6.07, 6.45) is 0. The molecular weight excluding hydrogens is 370 g/mol. The molecule has 2 aliphatic heterocycles. The number of rotatable bonds is 3. The SMILES string of the molecule is CC(=O)N1CCN(C(=O)c2ccc(CN3C(=O)c4ccccc4C3=O)cc2)CC1. The van der Waals surface area contributed by atoms with Gasteiger partial charge in [-0.2, -0.15) is 0 Å². The molecule has 2 aromatic carbocycles. The van der Waals surface area contributed by atoms with Crippen LogP contribution in [0.3, 0.4) is 0 Å². The number of imide groups is 1. The number of hydrogen-bond acceptors (Lipinski definition) is 4. The van der Waals surface area contributed by atoms with Gasteiger partial charge in [-0.3, -0.25) is 24.1 Å². The van der Waals surface area contributed by atoms with E-state index < -0.39 is 0 Å². The number of carbonyl (C=O) groups is 4. The molecule has 2 aromatic rings. The molecule has 0 radical (unpaired) electrons. The van der Waals surface area contributed by atoms with Crippen molar-refractivity contribution in [3.63, 3.8) is 0 Å². The lowest BCUT2D eigenvalue weighted by atomic mass is 10.1. The predicted molar refractivity (Wildman–Crippen MR) is 105 cm³/mol. The van der Waals surface area contributed by atoms with Gasteiger partial charge < -0.3 is 9.80 Å². The predicted octanol–water partition coefficient (Wildman–Crippen LogP) is 1.79. The fourth-order valence-corrected chi connectivity index (χ4v) is 3.73. The largest absolute Gasteiger partial charge is 0.339 e. The molecule has 0 saturated carbocycles. The molecule has 0 aliphatic carbocycles. The van der Waals surface area contributed by atoms with Gasteiger partial charge in [-0.15, -0.1) is 0 Å². The maximum absolute atomic E-state index is 12.7. The Labute approximate surface area is 168 Å². The summed E-state index contributed by atoms with van der Waals surface area (Å²) >= 11 is 0. The van der Waals surface area contributed by atoms with Gasteiger partial charge in [0.15, 0.2) is 0 Å². The van der Waals surface area contributed by atoms with Crippen LogP contribution >= 0.6 is 0 Å². The molecule has 4 rings (SSSR count). The molecule has 1 fully saturated rings. The molecule has 0 spiro atoms. The minimum Gasteiger partial charge on any atom is -0.339 e. The van der Waals surface area contributed by atoms with Gasteiger partial charge in [-0.1, -0.05) is 24.3 Å². The molecule has 0 unspecified atom stereocenters. The van der Waals surface area contributed by atoms with Gasteiger partial charge in [0.2, 0.25) is 5.91 Å². The monoisotopic (exact) mass is 391 g/mol. The summed E-state index contributed by atoms with van der Waals surface area (Å²) in [5, 5.41) is 0. The maximum Gasteiger partial charge on any atom is 0.261 e. The second-order valence-corrected chi connectivity index (χ2v) is 7.24. The van der Waals surface area contributed by atoms with Crippen molar-refractivity contribution in [3.05, 3.63) is 70.8 Å². The lowest BCUT2D eigenvalue weighted by Crippen LogP contribution is -2.50. The molecular formula is C22H21N3O4. The number of carbonyl (C=O) groups excluding carboxylic acids is 4. The second-order valence-electron chi connectivity index (χ2n) is 7.24. The van der Waals surface area contributed by atoms with Crippen LogP contribution < -0.4 is 0 Å². The lowest BCUT2D eigenvalue weighted by Gasteiger charge is -2.34. The van der Waals surface area contributed by atoms with E-state index in [-0.39, 0.29) is 30.2 Å². The van der Waals surface area contributed by atoms with Crippen molar-refractivity contribution in [1.82, 2.24) is 14.7 Å². The summed E-state index contributed by atoms with van der Waals surface area (Å²) in [6, 6.07) is 13.8. The van der Waals surface area contributed by atoms with Gasteiger partial charge in [0.05, 0.1) is 17.7 Å².